The lowest BCUT2D eigenvalue weighted by molar-refractivity contribution is -0.174. The minimum absolute atomic E-state index is 0.0194. The van der Waals surface area contributed by atoms with Gasteiger partial charge in [0.25, 0.3) is 0 Å². The first-order valence-electron chi connectivity index (χ1n) is 14.6. The zero-order valence-corrected chi connectivity index (χ0v) is 27.1. The summed E-state index contributed by atoms with van der Waals surface area (Å²) < 4.78 is 16.5. The molecular formula is C32H44ClN5O7. The van der Waals surface area contributed by atoms with E-state index < -0.39 is 48.0 Å². The number of carbonyl (C=O) groups is 4. The molecule has 5 atom stereocenters. The van der Waals surface area contributed by atoms with Crippen LogP contribution in [0.25, 0.3) is 0 Å². The van der Waals surface area contributed by atoms with Crippen LogP contribution < -0.4 is 26.8 Å². The topological polar surface area (TPSA) is 184 Å². The summed E-state index contributed by atoms with van der Waals surface area (Å²) in [6.07, 6.45) is 7.77. The fraction of sp³-hybridized carbons (Fsp3) is 0.469. The van der Waals surface area contributed by atoms with Gasteiger partial charge in [-0.3, -0.25) is 19.4 Å². The molecule has 0 aromatic heterocycles. The molecule has 13 heteroatoms. The van der Waals surface area contributed by atoms with Crippen molar-refractivity contribution in [3.63, 3.8) is 0 Å². The van der Waals surface area contributed by atoms with E-state index in [9.17, 15) is 19.2 Å². The van der Waals surface area contributed by atoms with Crippen molar-refractivity contribution in [2.24, 2.45) is 28.3 Å². The molecular weight excluding hydrogens is 602 g/mol. The molecule has 0 fully saturated rings. The zero-order chi connectivity index (χ0) is 33.5. The Labute approximate surface area is 269 Å². The van der Waals surface area contributed by atoms with Gasteiger partial charge < -0.3 is 36.3 Å². The molecule has 0 unspecified atom stereocenters. The Morgan fingerprint density at radius 2 is 1.91 bits per heavy atom. The second-order valence-electron chi connectivity index (χ2n) is 11.0. The van der Waals surface area contributed by atoms with E-state index in [0.29, 0.717) is 21.9 Å². The van der Waals surface area contributed by atoms with Crippen molar-refractivity contribution < 1.29 is 33.4 Å². The molecule has 0 spiro atoms. The van der Waals surface area contributed by atoms with Crippen molar-refractivity contribution in [3.05, 3.63) is 64.9 Å². The quantitative estimate of drug-likeness (QED) is 0.178. The van der Waals surface area contributed by atoms with Crippen LogP contribution in [0.4, 0.5) is 0 Å². The van der Waals surface area contributed by atoms with Crippen LogP contribution in [0.2, 0.25) is 5.02 Å². The first-order chi connectivity index (χ1) is 21.4. The maximum atomic E-state index is 13.3. The van der Waals surface area contributed by atoms with Crippen LogP contribution in [0.5, 0.6) is 5.75 Å². The maximum absolute atomic E-state index is 13.3. The largest absolute Gasteiger partial charge is 0.495 e. The van der Waals surface area contributed by atoms with Crippen molar-refractivity contribution >= 4 is 41.6 Å². The van der Waals surface area contributed by atoms with Crippen molar-refractivity contribution in [3.8, 4) is 5.75 Å². The number of benzene rings is 1. The van der Waals surface area contributed by atoms with E-state index in [2.05, 4.69) is 15.6 Å². The van der Waals surface area contributed by atoms with Gasteiger partial charge >= 0.3 is 11.9 Å². The fourth-order valence-electron chi connectivity index (χ4n) is 4.35. The lowest BCUT2D eigenvalue weighted by Gasteiger charge is -2.26. The summed E-state index contributed by atoms with van der Waals surface area (Å²) in [5.41, 5.74) is 13.0. The number of nitrogens with zero attached hydrogens (tertiary/aromatic N) is 1. The fourth-order valence-corrected chi connectivity index (χ4v) is 4.63. The number of nitrogens with two attached hydrogens (primary N) is 2. The number of hydrogen-bond acceptors (Lipinski definition) is 10. The van der Waals surface area contributed by atoms with Crippen LogP contribution in [0.3, 0.4) is 0 Å². The summed E-state index contributed by atoms with van der Waals surface area (Å²) in [6, 6.07) is 2.70. The number of methoxy groups -OCH3 is 1. The van der Waals surface area contributed by atoms with Gasteiger partial charge in [0, 0.05) is 50.3 Å². The highest BCUT2D eigenvalue weighted by molar-refractivity contribution is 6.32. The van der Waals surface area contributed by atoms with Crippen LogP contribution in [0.15, 0.2) is 59.3 Å². The molecule has 12 nitrogen and oxygen atoms in total. The third-order valence-corrected chi connectivity index (χ3v) is 7.14. The smallest absolute Gasteiger partial charge is 0.347 e. The van der Waals surface area contributed by atoms with Gasteiger partial charge in [-0.15, -0.1) is 0 Å². The first kappa shape index (κ1) is 37.0. The molecule has 1 aliphatic heterocycles. The molecule has 2 amide bonds. The van der Waals surface area contributed by atoms with Gasteiger partial charge in [-0.2, -0.15) is 0 Å². The molecule has 1 heterocycles. The van der Waals surface area contributed by atoms with Gasteiger partial charge in [0.2, 0.25) is 11.8 Å². The molecule has 0 saturated heterocycles. The standard InChI is InChI=1S/C32H44ClN5O7/c1-19(2)13-28-32(42)44-26(20(3)9-10-22(16-34)17-36-4)7-6-8-29(39)38-25(30(40)37-18-24(35)31(41)45-28)15-21-11-12-27(43-5)23(33)14-21/h6,8-12,14,16-17,19-20,24-26,28H,7,13,15,18,34-35H2,1-5H3,(H,37,40)(H,38,39)/b8-6+,10-9+,22-16?,36-17?/t20-,24-,25-,26+,28+/m1/s1. The summed E-state index contributed by atoms with van der Waals surface area (Å²) in [6.45, 7) is 5.28. The molecule has 0 radical (unpaired) electrons. The molecule has 1 aromatic carbocycles. The number of allylic oxidation sites excluding steroid dienone is 2. The minimum atomic E-state index is -1.28. The lowest BCUT2D eigenvalue weighted by atomic mass is 9.99. The molecule has 246 valence electrons. The Balaban J connectivity index is 2.42. The third kappa shape index (κ3) is 12.4. The highest BCUT2D eigenvalue weighted by atomic mass is 35.5. The number of esters is 2. The molecule has 0 saturated carbocycles. The van der Waals surface area contributed by atoms with E-state index in [0.717, 1.165) is 0 Å². The number of rotatable bonds is 9. The first-order valence-corrected chi connectivity index (χ1v) is 15.0. The summed E-state index contributed by atoms with van der Waals surface area (Å²) in [5.74, 6) is -2.66. The minimum Gasteiger partial charge on any atom is -0.495 e. The Morgan fingerprint density at radius 1 is 1.18 bits per heavy atom. The number of cyclic esters (lactones) is 2. The van der Waals surface area contributed by atoms with Gasteiger partial charge in [-0.05, 0) is 36.1 Å². The number of amides is 2. The Bertz CT molecular complexity index is 1310. The highest BCUT2D eigenvalue weighted by Gasteiger charge is 2.32. The van der Waals surface area contributed by atoms with E-state index >= 15 is 0 Å². The van der Waals surface area contributed by atoms with E-state index in [1.54, 1.807) is 49.7 Å². The maximum Gasteiger partial charge on any atom is 0.347 e. The van der Waals surface area contributed by atoms with Crippen LogP contribution in [0.1, 0.15) is 39.2 Å². The number of nitrogens with one attached hydrogen (secondary N) is 2. The molecule has 1 aliphatic rings. The van der Waals surface area contributed by atoms with Crippen molar-refractivity contribution in [2.45, 2.75) is 64.3 Å². The third-order valence-electron chi connectivity index (χ3n) is 6.85. The van der Waals surface area contributed by atoms with Crippen molar-refractivity contribution in [1.82, 2.24) is 10.6 Å². The van der Waals surface area contributed by atoms with E-state index in [1.165, 1.54) is 19.4 Å². The van der Waals surface area contributed by atoms with Crippen molar-refractivity contribution in [1.29, 1.82) is 0 Å². The number of ether oxygens (including phenoxy) is 3. The van der Waals surface area contributed by atoms with E-state index in [-0.39, 0.29) is 37.6 Å². The van der Waals surface area contributed by atoms with Crippen LogP contribution >= 0.6 is 11.6 Å². The summed E-state index contributed by atoms with van der Waals surface area (Å²) >= 11 is 6.26. The SMILES string of the molecule is CN=CC(=CN)/C=C/[C@@H](C)[C@@H]1C/C=C/C(=O)N[C@H](Cc2ccc(OC)c(Cl)c2)C(=O)NC[C@@H](N)C(=O)O[C@@H](CC(C)C)C(=O)O1. The average Bonchev–Trinajstić information content (AvgIpc) is 2.99. The predicted octanol–water partition coefficient (Wildman–Crippen LogP) is 2.38. The van der Waals surface area contributed by atoms with Crippen LogP contribution in [-0.4, -0.2) is 75.0 Å². The molecule has 2 rings (SSSR count). The number of carbonyl (C=O) groups excluding carboxylic acids is 4. The number of hydrogen-bond donors (Lipinski definition) is 4. The normalized spacial score (nSPS) is 24.2. The average molecular weight is 646 g/mol. The highest BCUT2D eigenvalue weighted by Crippen LogP contribution is 2.25. The zero-order valence-electron chi connectivity index (χ0n) is 26.3. The molecule has 1 aromatic rings. The van der Waals surface area contributed by atoms with Gasteiger partial charge in [0.05, 0.1) is 12.1 Å². The molecule has 0 bridgehead atoms. The predicted molar refractivity (Wildman–Crippen MR) is 173 cm³/mol. The van der Waals surface area contributed by atoms with Gasteiger partial charge in [0.1, 0.15) is 23.9 Å². The summed E-state index contributed by atoms with van der Waals surface area (Å²) in [5, 5.41) is 5.62. The Kier molecular flexibility index (Phi) is 15.3. The molecule has 6 N–H and O–H groups in total. The Hall–Kier alpha value is -4.16. The second-order valence-corrected chi connectivity index (χ2v) is 11.4. The van der Waals surface area contributed by atoms with Crippen molar-refractivity contribution in [2.75, 3.05) is 20.7 Å². The second kappa shape index (κ2) is 18.6. The van der Waals surface area contributed by atoms with Gasteiger partial charge in [-0.25, -0.2) is 4.79 Å². The van der Waals surface area contributed by atoms with Gasteiger partial charge in [0.15, 0.2) is 6.10 Å². The van der Waals surface area contributed by atoms with Gasteiger partial charge in [-0.1, -0.05) is 56.7 Å². The monoisotopic (exact) mass is 645 g/mol. The number of halogens is 1. The Morgan fingerprint density at radius 3 is 2.53 bits per heavy atom. The summed E-state index contributed by atoms with van der Waals surface area (Å²) in [7, 11) is 3.10. The van der Waals surface area contributed by atoms with E-state index in [4.69, 9.17) is 37.3 Å². The molecule has 0 aliphatic carbocycles. The van der Waals surface area contributed by atoms with Crippen LogP contribution in [-0.2, 0) is 35.1 Å². The molecule has 45 heavy (non-hydrogen) atoms. The summed E-state index contributed by atoms with van der Waals surface area (Å²) in [4.78, 5) is 56.3. The van der Waals surface area contributed by atoms with E-state index in [1.807, 2.05) is 20.8 Å². The lowest BCUT2D eigenvalue weighted by Crippen LogP contribution is -2.52. The number of aliphatic imine (C=N–C) groups is 1. The van der Waals surface area contributed by atoms with Crippen LogP contribution in [0, 0.1) is 11.8 Å².